The predicted molar refractivity (Wildman–Crippen MR) is 75.9 cm³/mol. The lowest BCUT2D eigenvalue weighted by molar-refractivity contribution is -0.126. The van der Waals surface area contributed by atoms with Gasteiger partial charge in [0.2, 0.25) is 15.9 Å². The van der Waals surface area contributed by atoms with Gasteiger partial charge >= 0.3 is 0 Å². The normalized spacial score (nSPS) is 18.9. The van der Waals surface area contributed by atoms with Gasteiger partial charge < -0.3 is 14.4 Å². The number of likely N-dealkylation sites (tertiary alicyclic amines) is 1. The van der Waals surface area contributed by atoms with E-state index in [1.165, 1.54) is 31.3 Å². The Morgan fingerprint density at radius 1 is 1.29 bits per heavy atom. The fourth-order valence-corrected chi connectivity index (χ4v) is 3.63. The lowest BCUT2D eigenvalue weighted by Gasteiger charge is -2.15. The van der Waals surface area contributed by atoms with Gasteiger partial charge in [-0.15, -0.1) is 0 Å². The van der Waals surface area contributed by atoms with Crippen LogP contribution in [0.15, 0.2) is 23.1 Å². The van der Waals surface area contributed by atoms with Gasteiger partial charge in [-0.1, -0.05) is 0 Å². The third kappa shape index (κ3) is 3.27. The van der Waals surface area contributed by atoms with Crippen LogP contribution in [0.2, 0.25) is 0 Å². The monoisotopic (exact) mass is 314 g/mol. The maximum absolute atomic E-state index is 12.5. The zero-order valence-corrected chi connectivity index (χ0v) is 12.9. The van der Waals surface area contributed by atoms with Crippen LogP contribution in [0.5, 0.6) is 11.5 Å². The third-order valence-electron chi connectivity index (χ3n) is 3.32. The molecule has 1 fully saturated rings. The first-order valence-corrected chi connectivity index (χ1v) is 7.84. The molecule has 21 heavy (non-hydrogen) atoms. The Balaban J connectivity index is 2.29. The number of hydrogen-bond donors (Lipinski definition) is 1. The summed E-state index contributed by atoms with van der Waals surface area (Å²) in [6.07, 6.45) is 0.155. The van der Waals surface area contributed by atoms with Gasteiger partial charge in [-0.25, -0.2) is 13.1 Å². The second-order valence-electron chi connectivity index (χ2n) is 4.81. The van der Waals surface area contributed by atoms with Crippen molar-refractivity contribution in [1.82, 2.24) is 9.62 Å². The van der Waals surface area contributed by atoms with Crippen molar-refractivity contribution in [1.29, 1.82) is 0 Å². The van der Waals surface area contributed by atoms with Gasteiger partial charge in [-0.05, 0) is 12.1 Å². The minimum atomic E-state index is -3.80. The maximum atomic E-state index is 12.5. The Morgan fingerprint density at radius 3 is 2.52 bits per heavy atom. The Kier molecular flexibility index (Phi) is 4.38. The van der Waals surface area contributed by atoms with Crippen LogP contribution in [-0.2, 0) is 14.8 Å². The Labute approximate surface area is 123 Å². The highest BCUT2D eigenvalue weighted by atomic mass is 32.2. The van der Waals surface area contributed by atoms with Crippen LogP contribution >= 0.6 is 0 Å². The van der Waals surface area contributed by atoms with Crippen LogP contribution in [0.4, 0.5) is 0 Å². The fourth-order valence-electron chi connectivity index (χ4n) is 2.22. The molecule has 1 saturated heterocycles. The molecule has 1 unspecified atom stereocenters. The average Bonchev–Trinajstić information content (AvgIpc) is 2.75. The number of hydrogen-bond acceptors (Lipinski definition) is 5. The molecular weight excluding hydrogens is 296 g/mol. The summed E-state index contributed by atoms with van der Waals surface area (Å²) in [6, 6.07) is 4.09. The van der Waals surface area contributed by atoms with E-state index in [4.69, 9.17) is 9.47 Å². The van der Waals surface area contributed by atoms with Crippen LogP contribution in [-0.4, -0.2) is 53.1 Å². The van der Waals surface area contributed by atoms with Crippen LogP contribution in [0.3, 0.4) is 0 Å². The number of amides is 1. The molecule has 1 aromatic rings. The molecule has 2 rings (SSSR count). The molecule has 1 heterocycles. The van der Waals surface area contributed by atoms with E-state index in [0.717, 1.165) is 0 Å². The molecule has 1 N–H and O–H groups in total. The standard InChI is InChI=1S/C13H18N2O5S/c1-15-8-9(6-13(15)16)14-21(17,18)12-7-10(19-2)4-5-11(12)20-3/h4-5,7,9,14H,6,8H2,1-3H3. The summed E-state index contributed by atoms with van der Waals surface area (Å²) < 4.78 is 37.6. The largest absolute Gasteiger partial charge is 0.497 e. The van der Waals surface area contributed by atoms with Crippen molar-refractivity contribution in [3.63, 3.8) is 0 Å². The summed E-state index contributed by atoms with van der Waals surface area (Å²) in [4.78, 5) is 13.0. The molecule has 7 nitrogen and oxygen atoms in total. The first-order chi connectivity index (χ1) is 9.87. The number of carbonyl (C=O) groups is 1. The summed E-state index contributed by atoms with van der Waals surface area (Å²) >= 11 is 0. The van der Waals surface area contributed by atoms with Crippen LogP contribution in [0, 0.1) is 0 Å². The Bertz CT molecular complexity index is 644. The van der Waals surface area contributed by atoms with Crippen molar-refractivity contribution >= 4 is 15.9 Å². The lowest BCUT2D eigenvalue weighted by atomic mass is 10.3. The number of carbonyl (C=O) groups excluding carboxylic acids is 1. The topological polar surface area (TPSA) is 84.9 Å². The van der Waals surface area contributed by atoms with Crippen molar-refractivity contribution in [2.45, 2.75) is 17.4 Å². The SMILES string of the molecule is COc1ccc(OC)c(S(=O)(=O)NC2CC(=O)N(C)C2)c1. The lowest BCUT2D eigenvalue weighted by Crippen LogP contribution is -2.36. The second-order valence-corrected chi connectivity index (χ2v) is 6.50. The van der Waals surface area contributed by atoms with E-state index >= 15 is 0 Å². The summed E-state index contributed by atoms with van der Waals surface area (Å²) in [7, 11) is 0.693. The highest BCUT2D eigenvalue weighted by Gasteiger charge is 2.31. The highest BCUT2D eigenvalue weighted by Crippen LogP contribution is 2.28. The summed E-state index contributed by atoms with van der Waals surface area (Å²) in [5, 5.41) is 0. The first kappa shape index (κ1) is 15.6. The Hall–Kier alpha value is -1.80. The van der Waals surface area contributed by atoms with E-state index in [1.54, 1.807) is 13.1 Å². The molecule has 1 amide bonds. The molecule has 1 aliphatic rings. The minimum Gasteiger partial charge on any atom is -0.497 e. The molecule has 1 aromatic carbocycles. The number of methoxy groups -OCH3 is 2. The van der Waals surface area contributed by atoms with Gasteiger partial charge in [0.15, 0.2) is 0 Å². The minimum absolute atomic E-state index is 0.00801. The quantitative estimate of drug-likeness (QED) is 0.840. The fraction of sp³-hybridized carbons (Fsp3) is 0.462. The molecular formula is C13H18N2O5S. The molecule has 0 spiro atoms. The van der Waals surface area contributed by atoms with E-state index in [-0.39, 0.29) is 23.0 Å². The van der Waals surface area contributed by atoms with E-state index in [0.29, 0.717) is 12.3 Å². The second kappa shape index (κ2) is 5.90. The molecule has 8 heteroatoms. The number of likely N-dealkylation sites (N-methyl/N-ethyl adjacent to an activating group) is 1. The highest BCUT2D eigenvalue weighted by molar-refractivity contribution is 7.89. The summed E-state index contributed by atoms with van der Waals surface area (Å²) in [6.45, 7) is 0.352. The van der Waals surface area contributed by atoms with Crippen molar-refractivity contribution in [3.05, 3.63) is 18.2 Å². The van der Waals surface area contributed by atoms with E-state index < -0.39 is 16.1 Å². The molecule has 1 aliphatic heterocycles. The van der Waals surface area contributed by atoms with Crippen LogP contribution < -0.4 is 14.2 Å². The van der Waals surface area contributed by atoms with Gasteiger partial charge in [0.25, 0.3) is 0 Å². The average molecular weight is 314 g/mol. The predicted octanol–water partition coefficient (Wildman–Crippen LogP) is 0.213. The van der Waals surface area contributed by atoms with Crippen LogP contribution in [0.1, 0.15) is 6.42 Å². The summed E-state index contributed by atoms with van der Waals surface area (Å²) in [5.74, 6) is 0.553. The molecule has 116 valence electrons. The number of rotatable bonds is 5. The zero-order valence-electron chi connectivity index (χ0n) is 12.1. The molecule has 0 aliphatic carbocycles. The van der Waals surface area contributed by atoms with Gasteiger partial charge in [0.05, 0.1) is 14.2 Å². The zero-order chi connectivity index (χ0) is 15.6. The van der Waals surface area contributed by atoms with Crippen molar-refractivity contribution in [3.8, 4) is 11.5 Å². The van der Waals surface area contributed by atoms with E-state index in [2.05, 4.69) is 4.72 Å². The van der Waals surface area contributed by atoms with E-state index in [9.17, 15) is 13.2 Å². The number of nitrogens with one attached hydrogen (secondary N) is 1. The van der Waals surface area contributed by atoms with E-state index in [1.807, 2.05) is 0 Å². The van der Waals surface area contributed by atoms with Crippen molar-refractivity contribution in [2.24, 2.45) is 0 Å². The molecule has 0 bridgehead atoms. The van der Waals surface area contributed by atoms with Crippen molar-refractivity contribution in [2.75, 3.05) is 27.8 Å². The first-order valence-electron chi connectivity index (χ1n) is 6.35. The van der Waals surface area contributed by atoms with Gasteiger partial charge in [-0.3, -0.25) is 4.79 Å². The van der Waals surface area contributed by atoms with Gasteiger partial charge in [-0.2, -0.15) is 0 Å². The number of benzene rings is 1. The van der Waals surface area contributed by atoms with Gasteiger partial charge in [0, 0.05) is 32.1 Å². The van der Waals surface area contributed by atoms with Crippen LogP contribution in [0.25, 0.3) is 0 Å². The molecule has 0 saturated carbocycles. The Morgan fingerprint density at radius 2 is 2.00 bits per heavy atom. The van der Waals surface area contributed by atoms with Crippen molar-refractivity contribution < 1.29 is 22.7 Å². The molecule has 0 aromatic heterocycles. The van der Waals surface area contributed by atoms with Gasteiger partial charge in [0.1, 0.15) is 16.4 Å². The summed E-state index contributed by atoms with van der Waals surface area (Å²) in [5.41, 5.74) is 0. The number of ether oxygens (including phenoxy) is 2. The maximum Gasteiger partial charge on any atom is 0.244 e. The molecule has 0 radical (unpaired) electrons. The third-order valence-corrected chi connectivity index (χ3v) is 4.86. The number of sulfonamides is 1. The number of nitrogens with zero attached hydrogens (tertiary/aromatic N) is 1. The smallest absolute Gasteiger partial charge is 0.244 e. The molecule has 1 atom stereocenters.